The maximum atomic E-state index is 6.18. The number of ether oxygens (including phenoxy) is 1. The number of fused-ring (bicyclic) bond motifs is 1. The van der Waals surface area contributed by atoms with E-state index in [-0.39, 0.29) is 6.01 Å². The Hall–Kier alpha value is -1.36. The molecule has 0 aromatic carbocycles. The lowest BCUT2D eigenvalue weighted by Crippen LogP contribution is -2.01. The van der Waals surface area contributed by atoms with Crippen LogP contribution in [0.25, 0.3) is 5.78 Å². The molecule has 0 saturated carbocycles. The van der Waals surface area contributed by atoms with Crippen LogP contribution in [0.1, 0.15) is 18.2 Å². The smallest absolute Gasteiger partial charge is 0.337 e. The first kappa shape index (κ1) is 10.2. The largest absolute Gasteiger partial charge is 0.466 e. The van der Waals surface area contributed by atoms with Crippen molar-refractivity contribution in [3.05, 3.63) is 16.4 Å². The fourth-order valence-corrected chi connectivity index (χ4v) is 1.86. The maximum absolute atomic E-state index is 6.18. The van der Waals surface area contributed by atoms with Gasteiger partial charge in [0, 0.05) is 11.3 Å². The second-order valence-corrected chi connectivity index (χ2v) is 3.49. The maximum Gasteiger partial charge on any atom is 0.337 e. The van der Waals surface area contributed by atoms with Crippen molar-refractivity contribution in [1.82, 2.24) is 19.6 Å². The summed E-state index contributed by atoms with van der Waals surface area (Å²) in [5.74, 6) is 0.464. The van der Waals surface area contributed by atoms with Gasteiger partial charge in [-0.25, -0.2) is 4.98 Å². The lowest BCUT2D eigenvalue weighted by molar-refractivity contribution is 0.380. The molecule has 2 heterocycles. The van der Waals surface area contributed by atoms with Gasteiger partial charge in [-0.2, -0.15) is 9.50 Å². The van der Waals surface area contributed by atoms with Crippen molar-refractivity contribution in [3.8, 4) is 6.01 Å². The SMILES string of the molecule is CCc1c(C)nc2nc(OC)nn2c1Cl. The van der Waals surface area contributed by atoms with Crippen LogP contribution in [0, 0.1) is 6.92 Å². The molecule has 0 aliphatic rings. The van der Waals surface area contributed by atoms with Crippen molar-refractivity contribution < 1.29 is 4.74 Å². The van der Waals surface area contributed by atoms with Gasteiger partial charge in [-0.15, -0.1) is 5.10 Å². The first-order valence-corrected chi connectivity index (χ1v) is 5.01. The number of hydrogen-bond acceptors (Lipinski definition) is 4. The van der Waals surface area contributed by atoms with Crippen LogP contribution in [0.4, 0.5) is 0 Å². The average Bonchev–Trinajstić information content (AvgIpc) is 2.61. The van der Waals surface area contributed by atoms with E-state index in [9.17, 15) is 0 Å². The van der Waals surface area contributed by atoms with Gasteiger partial charge < -0.3 is 4.74 Å². The predicted octanol–water partition coefficient (Wildman–Crippen LogP) is 1.66. The minimum Gasteiger partial charge on any atom is -0.466 e. The third kappa shape index (κ3) is 1.52. The van der Waals surface area contributed by atoms with Gasteiger partial charge >= 0.3 is 6.01 Å². The molecule has 80 valence electrons. The molecule has 0 unspecified atom stereocenters. The number of rotatable bonds is 2. The summed E-state index contributed by atoms with van der Waals surface area (Å²) in [6.45, 7) is 3.93. The van der Waals surface area contributed by atoms with Crippen LogP contribution < -0.4 is 4.74 Å². The summed E-state index contributed by atoms with van der Waals surface area (Å²) in [6, 6.07) is 0.275. The van der Waals surface area contributed by atoms with Gasteiger partial charge in [0.2, 0.25) is 0 Å². The fraction of sp³-hybridized carbons (Fsp3) is 0.444. The third-order valence-electron chi connectivity index (χ3n) is 2.25. The fourth-order valence-electron chi connectivity index (χ4n) is 1.47. The van der Waals surface area contributed by atoms with E-state index in [0.29, 0.717) is 10.9 Å². The van der Waals surface area contributed by atoms with Gasteiger partial charge in [-0.1, -0.05) is 18.5 Å². The highest BCUT2D eigenvalue weighted by Crippen LogP contribution is 2.20. The van der Waals surface area contributed by atoms with E-state index in [4.69, 9.17) is 16.3 Å². The number of halogens is 1. The summed E-state index contributed by atoms with van der Waals surface area (Å²) in [6.07, 6.45) is 0.815. The Morgan fingerprint density at radius 3 is 2.73 bits per heavy atom. The second kappa shape index (κ2) is 3.66. The molecule has 2 aromatic rings. The van der Waals surface area contributed by atoms with Crippen LogP contribution in [0.3, 0.4) is 0 Å². The molecule has 2 aromatic heterocycles. The first-order chi connectivity index (χ1) is 7.17. The van der Waals surface area contributed by atoms with E-state index in [1.54, 1.807) is 0 Å². The Morgan fingerprint density at radius 2 is 2.13 bits per heavy atom. The van der Waals surface area contributed by atoms with Crippen LogP contribution in [0.2, 0.25) is 5.15 Å². The summed E-state index contributed by atoms with van der Waals surface area (Å²) < 4.78 is 6.42. The van der Waals surface area contributed by atoms with Crippen LogP contribution in [-0.4, -0.2) is 26.7 Å². The molecule has 5 nitrogen and oxygen atoms in total. The molecule has 0 bridgehead atoms. The van der Waals surface area contributed by atoms with Crippen molar-refractivity contribution in [3.63, 3.8) is 0 Å². The van der Waals surface area contributed by atoms with Crippen molar-refractivity contribution in [2.45, 2.75) is 20.3 Å². The molecule has 0 N–H and O–H groups in total. The van der Waals surface area contributed by atoms with E-state index in [0.717, 1.165) is 17.7 Å². The van der Waals surface area contributed by atoms with Crippen molar-refractivity contribution in [2.24, 2.45) is 0 Å². The lowest BCUT2D eigenvalue weighted by Gasteiger charge is -2.04. The Balaban J connectivity index is 2.76. The van der Waals surface area contributed by atoms with Crippen LogP contribution in [0.15, 0.2) is 0 Å². The van der Waals surface area contributed by atoms with Gasteiger partial charge in [0.1, 0.15) is 5.15 Å². The molecule has 0 fully saturated rings. The lowest BCUT2D eigenvalue weighted by atomic mass is 10.2. The van der Waals surface area contributed by atoms with Gasteiger partial charge in [0.05, 0.1) is 7.11 Å². The zero-order valence-corrected chi connectivity index (χ0v) is 9.54. The molecule has 0 atom stereocenters. The Bertz CT molecular complexity index is 508. The summed E-state index contributed by atoms with van der Waals surface area (Å²) in [5, 5.41) is 4.62. The van der Waals surface area contributed by atoms with Crippen LogP contribution in [0.5, 0.6) is 6.01 Å². The Morgan fingerprint density at radius 1 is 1.40 bits per heavy atom. The van der Waals surface area contributed by atoms with Gasteiger partial charge in [-0.05, 0) is 13.3 Å². The molecule has 2 rings (SSSR count). The summed E-state index contributed by atoms with van der Waals surface area (Å²) in [7, 11) is 1.51. The molecule has 15 heavy (non-hydrogen) atoms. The zero-order chi connectivity index (χ0) is 11.0. The topological polar surface area (TPSA) is 52.3 Å². The van der Waals surface area contributed by atoms with Gasteiger partial charge in [0.15, 0.2) is 0 Å². The highest BCUT2D eigenvalue weighted by atomic mass is 35.5. The van der Waals surface area contributed by atoms with E-state index in [1.807, 2.05) is 13.8 Å². The molecule has 0 aliphatic carbocycles. The molecule has 0 radical (unpaired) electrons. The molecule has 0 spiro atoms. The number of hydrogen-bond donors (Lipinski definition) is 0. The second-order valence-electron chi connectivity index (χ2n) is 3.13. The summed E-state index contributed by atoms with van der Waals surface area (Å²) in [4.78, 5) is 8.36. The highest BCUT2D eigenvalue weighted by Gasteiger charge is 2.13. The molecular weight excluding hydrogens is 216 g/mol. The van der Waals surface area contributed by atoms with Crippen LogP contribution in [-0.2, 0) is 6.42 Å². The molecule has 6 heteroatoms. The van der Waals surface area contributed by atoms with Crippen molar-refractivity contribution in [1.29, 1.82) is 0 Å². The zero-order valence-electron chi connectivity index (χ0n) is 8.78. The normalized spacial score (nSPS) is 10.9. The monoisotopic (exact) mass is 226 g/mol. The highest BCUT2D eigenvalue weighted by molar-refractivity contribution is 6.30. The number of aromatic nitrogens is 4. The van der Waals surface area contributed by atoms with Gasteiger partial charge in [0.25, 0.3) is 5.78 Å². The minimum atomic E-state index is 0.275. The van der Waals surface area contributed by atoms with E-state index in [2.05, 4.69) is 15.1 Å². The molecule has 0 aliphatic heterocycles. The number of methoxy groups -OCH3 is 1. The Labute approximate surface area is 92.1 Å². The van der Waals surface area contributed by atoms with Gasteiger partial charge in [-0.3, -0.25) is 0 Å². The van der Waals surface area contributed by atoms with Crippen molar-refractivity contribution >= 4 is 17.4 Å². The Kier molecular flexibility index (Phi) is 2.48. The van der Waals surface area contributed by atoms with Crippen molar-refractivity contribution in [2.75, 3.05) is 7.11 Å². The quantitative estimate of drug-likeness (QED) is 0.731. The van der Waals surface area contributed by atoms with Crippen LogP contribution >= 0.6 is 11.6 Å². The molecule has 0 amide bonds. The first-order valence-electron chi connectivity index (χ1n) is 4.63. The summed E-state index contributed by atoms with van der Waals surface area (Å²) in [5.41, 5.74) is 1.86. The minimum absolute atomic E-state index is 0.275. The predicted molar refractivity (Wildman–Crippen MR) is 56.5 cm³/mol. The molecular formula is C9H11ClN4O. The average molecular weight is 227 g/mol. The molecule has 0 saturated heterocycles. The third-order valence-corrected chi connectivity index (χ3v) is 2.63. The standard InChI is InChI=1S/C9H11ClN4O/c1-4-6-5(2)11-8-12-9(15-3)13-14(8)7(6)10/h4H2,1-3H3. The van der Waals surface area contributed by atoms with E-state index >= 15 is 0 Å². The summed E-state index contributed by atoms with van der Waals surface area (Å²) >= 11 is 6.18. The number of nitrogens with zero attached hydrogens (tertiary/aromatic N) is 4. The van der Waals surface area contributed by atoms with E-state index < -0.39 is 0 Å². The number of aryl methyl sites for hydroxylation is 1. The van der Waals surface area contributed by atoms with E-state index in [1.165, 1.54) is 11.6 Å².